The molecule has 1 aliphatic heterocycles. The molecular formula is C22H28O. The predicted molar refractivity (Wildman–Crippen MR) is 96.4 cm³/mol. The molecule has 0 aromatic heterocycles. The molecule has 0 atom stereocenters. The van der Waals surface area contributed by atoms with E-state index in [1.165, 1.54) is 11.1 Å². The molecule has 0 bridgehead atoms. The predicted octanol–water partition coefficient (Wildman–Crippen LogP) is 5.79. The first-order valence-corrected chi connectivity index (χ1v) is 8.48. The lowest BCUT2D eigenvalue weighted by atomic mass is 9.58. The second kappa shape index (κ2) is 4.95. The summed E-state index contributed by atoms with van der Waals surface area (Å²) in [4.78, 5) is 0. The van der Waals surface area contributed by atoms with Gasteiger partial charge in [0.1, 0.15) is 11.2 Å². The Balaban J connectivity index is 2.29. The van der Waals surface area contributed by atoms with Crippen molar-refractivity contribution >= 4 is 0 Å². The Labute approximate surface area is 140 Å². The van der Waals surface area contributed by atoms with E-state index < -0.39 is 0 Å². The summed E-state index contributed by atoms with van der Waals surface area (Å²) < 4.78 is 6.79. The molecule has 3 rings (SSSR count). The van der Waals surface area contributed by atoms with E-state index in [9.17, 15) is 0 Å². The minimum absolute atomic E-state index is 0.0108. The molecule has 1 nitrogen and oxygen atoms in total. The smallest absolute Gasteiger partial charge is 0.149 e. The molecule has 0 amide bonds. The van der Waals surface area contributed by atoms with Crippen molar-refractivity contribution in [2.24, 2.45) is 10.8 Å². The van der Waals surface area contributed by atoms with Crippen LogP contribution in [0.5, 0.6) is 0 Å². The third-order valence-electron chi connectivity index (χ3n) is 5.23. The highest BCUT2D eigenvalue weighted by Gasteiger charge is 2.80. The van der Waals surface area contributed by atoms with Crippen LogP contribution in [0, 0.1) is 10.8 Å². The lowest BCUT2D eigenvalue weighted by Gasteiger charge is -2.41. The van der Waals surface area contributed by atoms with Crippen molar-refractivity contribution in [2.75, 3.05) is 0 Å². The summed E-state index contributed by atoms with van der Waals surface area (Å²) in [6, 6.07) is 21.4. The molecule has 0 N–H and O–H groups in total. The first kappa shape index (κ1) is 16.3. The number of ether oxygens (including phenoxy) is 1. The van der Waals surface area contributed by atoms with Crippen LogP contribution >= 0.6 is 0 Å². The van der Waals surface area contributed by atoms with E-state index in [-0.39, 0.29) is 22.0 Å². The topological polar surface area (TPSA) is 12.5 Å². The first-order chi connectivity index (χ1) is 10.7. The van der Waals surface area contributed by atoms with Crippen molar-refractivity contribution in [2.45, 2.75) is 52.7 Å². The van der Waals surface area contributed by atoms with Crippen molar-refractivity contribution in [3.05, 3.63) is 71.8 Å². The number of benzene rings is 2. The molecule has 0 saturated carbocycles. The van der Waals surface area contributed by atoms with Gasteiger partial charge in [0.05, 0.1) is 0 Å². The van der Waals surface area contributed by atoms with Gasteiger partial charge in [0.15, 0.2) is 0 Å². The Morgan fingerprint density at radius 1 is 0.609 bits per heavy atom. The Bertz CT molecular complexity index is 618. The lowest BCUT2D eigenvalue weighted by molar-refractivity contribution is 0.0486. The number of epoxide rings is 1. The SMILES string of the molecule is CC(C)(C)C1(C(C)(C)C)OC1(c1ccccc1)c1ccccc1. The van der Waals surface area contributed by atoms with Gasteiger partial charge in [0.25, 0.3) is 0 Å². The molecule has 0 spiro atoms. The molecule has 1 heteroatoms. The molecule has 23 heavy (non-hydrogen) atoms. The molecule has 1 fully saturated rings. The second-order valence-electron chi connectivity index (χ2n) is 8.70. The van der Waals surface area contributed by atoms with Gasteiger partial charge in [-0.1, -0.05) is 102 Å². The van der Waals surface area contributed by atoms with Crippen LogP contribution in [0.3, 0.4) is 0 Å². The monoisotopic (exact) mass is 308 g/mol. The number of hydrogen-bond acceptors (Lipinski definition) is 1. The normalized spacial score (nSPS) is 19.4. The second-order valence-corrected chi connectivity index (χ2v) is 8.70. The van der Waals surface area contributed by atoms with Gasteiger partial charge in [0.2, 0.25) is 0 Å². The largest absolute Gasteiger partial charge is 0.351 e. The molecule has 1 heterocycles. The van der Waals surface area contributed by atoms with E-state index in [4.69, 9.17) is 4.74 Å². The van der Waals surface area contributed by atoms with Crippen LogP contribution in [0.25, 0.3) is 0 Å². The average Bonchev–Trinajstić information content (AvgIpc) is 3.22. The van der Waals surface area contributed by atoms with Crippen LogP contribution in [0.15, 0.2) is 60.7 Å². The van der Waals surface area contributed by atoms with Gasteiger partial charge in [-0.3, -0.25) is 0 Å². The average molecular weight is 308 g/mol. The van der Waals surface area contributed by atoms with Crippen LogP contribution in [0.2, 0.25) is 0 Å². The zero-order chi connectivity index (χ0) is 16.9. The third-order valence-corrected chi connectivity index (χ3v) is 5.23. The summed E-state index contributed by atoms with van der Waals surface area (Å²) in [7, 11) is 0. The molecule has 0 aliphatic carbocycles. The summed E-state index contributed by atoms with van der Waals surface area (Å²) >= 11 is 0. The molecule has 122 valence electrons. The van der Waals surface area contributed by atoms with Crippen LogP contribution in [-0.2, 0) is 10.3 Å². The fraction of sp³-hybridized carbons (Fsp3) is 0.455. The van der Waals surface area contributed by atoms with Gasteiger partial charge in [0, 0.05) is 0 Å². The van der Waals surface area contributed by atoms with E-state index in [2.05, 4.69) is 102 Å². The highest BCUT2D eigenvalue weighted by molar-refractivity contribution is 5.49. The van der Waals surface area contributed by atoms with Crippen molar-refractivity contribution in [3.8, 4) is 0 Å². The van der Waals surface area contributed by atoms with Crippen molar-refractivity contribution in [1.82, 2.24) is 0 Å². The van der Waals surface area contributed by atoms with Crippen molar-refractivity contribution < 1.29 is 4.74 Å². The maximum atomic E-state index is 6.79. The minimum Gasteiger partial charge on any atom is -0.351 e. The Morgan fingerprint density at radius 2 is 0.957 bits per heavy atom. The molecule has 0 radical (unpaired) electrons. The van der Waals surface area contributed by atoms with Gasteiger partial charge in [-0.05, 0) is 22.0 Å². The van der Waals surface area contributed by atoms with E-state index in [0.29, 0.717) is 0 Å². The standard InChI is InChI=1S/C22H28O/c1-19(2,3)22(20(4,5)6)21(23-22,17-13-9-7-10-14-17)18-15-11-8-12-16-18/h7-16H,1-6H3. The summed E-state index contributed by atoms with van der Waals surface area (Å²) in [5.74, 6) is 0. The highest BCUT2D eigenvalue weighted by Crippen LogP contribution is 2.73. The van der Waals surface area contributed by atoms with E-state index in [1.807, 2.05) is 0 Å². The van der Waals surface area contributed by atoms with Crippen LogP contribution in [-0.4, -0.2) is 5.60 Å². The van der Waals surface area contributed by atoms with Gasteiger partial charge >= 0.3 is 0 Å². The summed E-state index contributed by atoms with van der Waals surface area (Å²) in [5.41, 5.74) is 1.88. The molecule has 1 saturated heterocycles. The number of rotatable bonds is 2. The zero-order valence-corrected chi connectivity index (χ0v) is 15.2. The fourth-order valence-corrected chi connectivity index (χ4v) is 4.73. The third kappa shape index (κ3) is 2.10. The lowest BCUT2D eigenvalue weighted by Crippen LogP contribution is -2.47. The van der Waals surface area contributed by atoms with Crippen molar-refractivity contribution in [3.63, 3.8) is 0 Å². The summed E-state index contributed by atoms with van der Waals surface area (Å²) in [6.45, 7) is 13.8. The molecule has 0 unspecified atom stereocenters. The number of hydrogen-bond donors (Lipinski definition) is 0. The van der Waals surface area contributed by atoms with Gasteiger partial charge in [-0.15, -0.1) is 0 Å². The van der Waals surface area contributed by atoms with Crippen LogP contribution in [0.4, 0.5) is 0 Å². The maximum Gasteiger partial charge on any atom is 0.149 e. The highest BCUT2D eigenvalue weighted by atomic mass is 16.6. The maximum absolute atomic E-state index is 6.79. The molecular weight excluding hydrogens is 280 g/mol. The Kier molecular flexibility index (Phi) is 3.50. The summed E-state index contributed by atoms with van der Waals surface area (Å²) in [5, 5.41) is 0. The van der Waals surface area contributed by atoms with Gasteiger partial charge < -0.3 is 4.74 Å². The van der Waals surface area contributed by atoms with Crippen molar-refractivity contribution in [1.29, 1.82) is 0 Å². The summed E-state index contributed by atoms with van der Waals surface area (Å²) in [6.07, 6.45) is 0. The Hall–Kier alpha value is -1.60. The van der Waals surface area contributed by atoms with Crippen LogP contribution in [0.1, 0.15) is 52.7 Å². The van der Waals surface area contributed by atoms with E-state index in [0.717, 1.165) is 0 Å². The molecule has 2 aromatic carbocycles. The molecule has 1 aliphatic rings. The first-order valence-electron chi connectivity index (χ1n) is 8.48. The Morgan fingerprint density at radius 3 is 1.22 bits per heavy atom. The van der Waals surface area contributed by atoms with E-state index in [1.54, 1.807) is 0 Å². The fourth-order valence-electron chi connectivity index (χ4n) is 4.73. The molecule has 2 aromatic rings. The van der Waals surface area contributed by atoms with Gasteiger partial charge in [-0.25, -0.2) is 0 Å². The van der Waals surface area contributed by atoms with E-state index >= 15 is 0 Å². The quantitative estimate of drug-likeness (QED) is 0.640. The zero-order valence-electron chi connectivity index (χ0n) is 15.2. The van der Waals surface area contributed by atoms with Crippen LogP contribution < -0.4 is 0 Å². The minimum atomic E-state index is -0.383. The van der Waals surface area contributed by atoms with Gasteiger partial charge in [-0.2, -0.15) is 0 Å².